The number of hydrogen-bond acceptors (Lipinski definition) is 3. The van der Waals surface area contributed by atoms with Gasteiger partial charge in [-0.1, -0.05) is 31.6 Å². The summed E-state index contributed by atoms with van der Waals surface area (Å²) in [4.78, 5) is 13.3. The van der Waals surface area contributed by atoms with E-state index in [4.69, 9.17) is 0 Å². The van der Waals surface area contributed by atoms with Gasteiger partial charge < -0.3 is 10.6 Å². The van der Waals surface area contributed by atoms with Gasteiger partial charge >= 0.3 is 0 Å². The number of thiophene rings is 1. The fourth-order valence-corrected chi connectivity index (χ4v) is 3.87. The molecule has 0 radical (unpaired) electrons. The van der Waals surface area contributed by atoms with Crippen LogP contribution in [0.25, 0.3) is 0 Å². The van der Waals surface area contributed by atoms with E-state index >= 15 is 0 Å². The average molecular weight is 321 g/mol. The largest absolute Gasteiger partial charge is 0.355 e. The van der Waals surface area contributed by atoms with E-state index in [-0.39, 0.29) is 11.9 Å². The van der Waals surface area contributed by atoms with Gasteiger partial charge in [-0.3, -0.25) is 4.79 Å². The second kappa shape index (κ2) is 9.11. The quantitative estimate of drug-likeness (QED) is 0.710. The van der Waals surface area contributed by atoms with E-state index in [9.17, 15) is 4.79 Å². The lowest BCUT2D eigenvalue weighted by molar-refractivity contribution is -0.120. The molecule has 0 saturated carbocycles. The highest BCUT2D eigenvalue weighted by molar-refractivity contribution is 7.10. The summed E-state index contributed by atoms with van der Waals surface area (Å²) in [5, 5.41) is 8.51. The first-order valence-corrected chi connectivity index (χ1v) is 9.26. The molecule has 122 valence electrons. The summed E-state index contributed by atoms with van der Waals surface area (Å²) >= 11 is 1.75. The third-order valence-electron chi connectivity index (χ3n) is 4.15. The zero-order chi connectivity index (χ0) is 15.8. The van der Waals surface area contributed by atoms with Crippen LogP contribution in [0.15, 0.2) is 29.2 Å². The Kier molecular flexibility index (Phi) is 7.13. The first-order valence-electron chi connectivity index (χ1n) is 8.38. The maximum atomic E-state index is 12.0. The molecule has 1 aliphatic rings. The Hall–Kier alpha value is -1.13. The zero-order valence-electron chi connectivity index (χ0n) is 13.7. The SMILES string of the molecule is CC(C)C(NCC(=O)NCCC1=CCCCC1)c1cccs1. The van der Waals surface area contributed by atoms with Crippen LogP contribution in [0.3, 0.4) is 0 Å². The molecule has 0 fully saturated rings. The summed E-state index contributed by atoms with van der Waals surface area (Å²) in [6.07, 6.45) is 8.39. The fraction of sp³-hybridized carbons (Fsp3) is 0.611. The molecule has 0 spiro atoms. The fourth-order valence-electron chi connectivity index (χ4n) is 2.89. The van der Waals surface area contributed by atoms with E-state index < -0.39 is 0 Å². The van der Waals surface area contributed by atoms with E-state index in [0.29, 0.717) is 12.5 Å². The molecule has 2 rings (SSSR count). The standard InChI is InChI=1S/C18H28N2OS/c1-14(2)18(16-9-6-12-22-16)20-13-17(21)19-11-10-15-7-4-3-5-8-15/h6-7,9,12,14,18,20H,3-5,8,10-11,13H2,1-2H3,(H,19,21). The molecule has 1 atom stereocenters. The van der Waals surface area contributed by atoms with Gasteiger partial charge in [-0.25, -0.2) is 0 Å². The van der Waals surface area contributed by atoms with Crippen LogP contribution in [0, 0.1) is 5.92 Å². The van der Waals surface area contributed by atoms with Crippen molar-refractivity contribution in [3.63, 3.8) is 0 Å². The Morgan fingerprint density at radius 2 is 2.23 bits per heavy atom. The van der Waals surface area contributed by atoms with Crippen LogP contribution in [0.1, 0.15) is 56.9 Å². The monoisotopic (exact) mass is 320 g/mol. The lowest BCUT2D eigenvalue weighted by Gasteiger charge is -2.21. The predicted molar refractivity (Wildman–Crippen MR) is 94.1 cm³/mol. The lowest BCUT2D eigenvalue weighted by atomic mass is 9.97. The van der Waals surface area contributed by atoms with Gasteiger partial charge in [-0.05, 0) is 49.5 Å². The smallest absolute Gasteiger partial charge is 0.233 e. The topological polar surface area (TPSA) is 41.1 Å². The minimum Gasteiger partial charge on any atom is -0.355 e. The van der Waals surface area contributed by atoms with Crippen molar-refractivity contribution >= 4 is 17.2 Å². The first-order chi connectivity index (χ1) is 10.7. The highest BCUT2D eigenvalue weighted by Gasteiger charge is 2.17. The Labute approximate surface area is 138 Å². The Balaban J connectivity index is 1.69. The summed E-state index contributed by atoms with van der Waals surface area (Å²) in [7, 11) is 0. The van der Waals surface area contributed by atoms with Crippen LogP contribution in [0.2, 0.25) is 0 Å². The number of allylic oxidation sites excluding steroid dienone is 1. The van der Waals surface area contributed by atoms with Crippen molar-refractivity contribution in [2.45, 2.75) is 52.0 Å². The molecule has 0 bridgehead atoms. The van der Waals surface area contributed by atoms with Crippen molar-refractivity contribution in [3.05, 3.63) is 34.0 Å². The molecule has 1 aliphatic carbocycles. The van der Waals surface area contributed by atoms with Crippen molar-refractivity contribution in [3.8, 4) is 0 Å². The van der Waals surface area contributed by atoms with Crippen LogP contribution in [-0.4, -0.2) is 19.0 Å². The highest BCUT2D eigenvalue weighted by Crippen LogP contribution is 2.25. The molecule has 0 aliphatic heterocycles. The van der Waals surface area contributed by atoms with Crippen molar-refractivity contribution < 1.29 is 4.79 Å². The van der Waals surface area contributed by atoms with Gasteiger partial charge in [0.1, 0.15) is 0 Å². The van der Waals surface area contributed by atoms with Crippen LogP contribution in [0.4, 0.5) is 0 Å². The van der Waals surface area contributed by atoms with E-state index in [1.807, 2.05) is 0 Å². The second-order valence-corrected chi connectivity index (χ2v) is 7.31. The molecule has 0 saturated heterocycles. The maximum Gasteiger partial charge on any atom is 0.233 e. The summed E-state index contributed by atoms with van der Waals surface area (Å²) in [5.41, 5.74) is 1.51. The summed E-state index contributed by atoms with van der Waals surface area (Å²) < 4.78 is 0. The molecule has 1 heterocycles. The minimum absolute atomic E-state index is 0.0959. The van der Waals surface area contributed by atoms with Crippen LogP contribution >= 0.6 is 11.3 Å². The van der Waals surface area contributed by atoms with Gasteiger partial charge in [0.25, 0.3) is 0 Å². The Morgan fingerprint density at radius 1 is 1.36 bits per heavy atom. The van der Waals surface area contributed by atoms with Crippen molar-refractivity contribution in [1.82, 2.24) is 10.6 Å². The average Bonchev–Trinajstić information content (AvgIpc) is 3.02. The molecular formula is C18H28N2OS. The van der Waals surface area contributed by atoms with Gasteiger partial charge in [0.2, 0.25) is 5.91 Å². The molecule has 3 nitrogen and oxygen atoms in total. The number of nitrogens with one attached hydrogen (secondary N) is 2. The van der Waals surface area contributed by atoms with Crippen molar-refractivity contribution in [2.75, 3.05) is 13.1 Å². The molecule has 0 aromatic carbocycles. The molecule has 2 N–H and O–H groups in total. The third kappa shape index (κ3) is 5.58. The summed E-state index contributed by atoms with van der Waals surface area (Å²) in [6, 6.07) is 4.46. The van der Waals surface area contributed by atoms with E-state index in [1.54, 1.807) is 11.3 Å². The highest BCUT2D eigenvalue weighted by atomic mass is 32.1. The number of carbonyl (C=O) groups excluding carboxylic acids is 1. The van der Waals surface area contributed by atoms with E-state index in [1.165, 1.54) is 36.1 Å². The van der Waals surface area contributed by atoms with Gasteiger partial charge in [0.15, 0.2) is 0 Å². The molecule has 1 aromatic heterocycles. The molecular weight excluding hydrogens is 292 g/mol. The number of amides is 1. The molecule has 22 heavy (non-hydrogen) atoms. The molecule has 4 heteroatoms. The van der Waals surface area contributed by atoms with E-state index in [0.717, 1.165) is 13.0 Å². The Morgan fingerprint density at radius 3 is 2.86 bits per heavy atom. The van der Waals surface area contributed by atoms with Gasteiger partial charge in [0.05, 0.1) is 6.54 Å². The van der Waals surface area contributed by atoms with Crippen molar-refractivity contribution in [1.29, 1.82) is 0 Å². The van der Waals surface area contributed by atoms with Gasteiger partial charge in [-0.2, -0.15) is 0 Å². The lowest BCUT2D eigenvalue weighted by Crippen LogP contribution is -2.37. The number of hydrogen-bond donors (Lipinski definition) is 2. The van der Waals surface area contributed by atoms with Gasteiger partial charge in [0, 0.05) is 17.5 Å². The number of carbonyl (C=O) groups is 1. The number of rotatable bonds is 8. The van der Waals surface area contributed by atoms with Crippen LogP contribution in [0.5, 0.6) is 0 Å². The molecule has 1 unspecified atom stereocenters. The first kappa shape index (κ1) is 17.2. The molecule has 1 amide bonds. The Bertz CT molecular complexity index is 479. The predicted octanol–water partition coefficient (Wildman–Crippen LogP) is 4.04. The minimum atomic E-state index is 0.0959. The summed E-state index contributed by atoms with van der Waals surface area (Å²) in [6.45, 7) is 5.52. The van der Waals surface area contributed by atoms with Crippen molar-refractivity contribution in [2.24, 2.45) is 5.92 Å². The van der Waals surface area contributed by atoms with Gasteiger partial charge in [-0.15, -0.1) is 11.3 Å². The second-order valence-electron chi connectivity index (χ2n) is 6.33. The zero-order valence-corrected chi connectivity index (χ0v) is 14.5. The summed E-state index contributed by atoms with van der Waals surface area (Å²) in [5.74, 6) is 0.567. The third-order valence-corrected chi connectivity index (χ3v) is 5.11. The van der Waals surface area contributed by atoms with E-state index in [2.05, 4.69) is 48.1 Å². The normalized spacial score (nSPS) is 16.4. The molecule has 1 aromatic rings. The van der Waals surface area contributed by atoms with Crippen LogP contribution in [-0.2, 0) is 4.79 Å². The van der Waals surface area contributed by atoms with Crippen LogP contribution < -0.4 is 10.6 Å². The maximum absolute atomic E-state index is 12.0.